The van der Waals surface area contributed by atoms with E-state index in [4.69, 9.17) is 0 Å². The Hall–Kier alpha value is -2.99. The van der Waals surface area contributed by atoms with Crippen molar-refractivity contribution in [3.63, 3.8) is 0 Å². The number of fused-ring (bicyclic) bond motifs is 1. The highest BCUT2D eigenvalue weighted by Gasteiger charge is 2.47. The fourth-order valence-electron chi connectivity index (χ4n) is 5.08. The van der Waals surface area contributed by atoms with Gasteiger partial charge in [0.05, 0.1) is 12.0 Å². The first-order valence-corrected chi connectivity index (χ1v) is 12.0. The lowest BCUT2D eigenvalue weighted by Crippen LogP contribution is -2.50. The fourth-order valence-corrected chi connectivity index (χ4v) is 5.94. The predicted octanol–water partition coefficient (Wildman–Crippen LogP) is 5.43. The maximum Gasteiger partial charge on any atom is 0.254 e. The van der Waals surface area contributed by atoms with E-state index in [1.807, 2.05) is 46.7 Å². The Kier molecular flexibility index (Phi) is 5.79. The molecule has 0 bridgehead atoms. The highest BCUT2D eigenvalue weighted by Crippen LogP contribution is 2.47. The second kappa shape index (κ2) is 8.87. The van der Waals surface area contributed by atoms with Crippen molar-refractivity contribution in [1.82, 2.24) is 10.2 Å². The van der Waals surface area contributed by atoms with E-state index in [0.717, 1.165) is 41.7 Å². The average Bonchev–Trinajstić information content (AvgIpc) is 3.53. The molecule has 2 aromatic carbocycles. The lowest BCUT2D eigenvalue weighted by molar-refractivity contribution is -0.124. The molecule has 2 amide bonds. The third-order valence-electron chi connectivity index (χ3n) is 6.59. The normalized spacial score (nSPS) is 20.9. The molecule has 1 aliphatic heterocycles. The number of carbonyl (C=O) groups excluding carboxylic acids is 2. The average molecular weight is 449 g/mol. The molecular weight excluding hydrogens is 423 g/mol. The zero-order valence-corrected chi connectivity index (χ0v) is 18.5. The maximum atomic E-state index is 13.7. The van der Waals surface area contributed by atoms with E-state index >= 15 is 0 Å². The van der Waals surface area contributed by atoms with Crippen molar-refractivity contribution in [3.8, 4) is 0 Å². The summed E-state index contributed by atoms with van der Waals surface area (Å²) >= 11 is 1.59. The molecule has 4 nitrogen and oxygen atoms in total. The van der Waals surface area contributed by atoms with Gasteiger partial charge >= 0.3 is 0 Å². The molecule has 0 saturated heterocycles. The van der Waals surface area contributed by atoms with E-state index < -0.39 is 5.92 Å². The first-order valence-electron chi connectivity index (χ1n) is 11.1. The van der Waals surface area contributed by atoms with Crippen LogP contribution in [0.5, 0.6) is 0 Å². The van der Waals surface area contributed by atoms with E-state index in [1.54, 1.807) is 23.5 Å². The highest BCUT2D eigenvalue weighted by atomic mass is 32.1. The van der Waals surface area contributed by atoms with Crippen molar-refractivity contribution in [3.05, 3.63) is 93.4 Å². The number of nitrogens with one attached hydrogen (secondary N) is 1. The second-order valence-electron chi connectivity index (χ2n) is 8.52. The molecule has 3 aromatic rings. The fraction of sp³-hybridized carbons (Fsp3) is 0.308. The number of amides is 2. The molecule has 1 saturated carbocycles. The van der Waals surface area contributed by atoms with Crippen LogP contribution < -0.4 is 5.32 Å². The number of hydrogen-bond donors (Lipinski definition) is 1. The summed E-state index contributed by atoms with van der Waals surface area (Å²) in [5.41, 5.74) is 2.23. The van der Waals surface area contributed by atoms with Gasteiger partial charge in [-0.25, -0.2) is 4.39 Å². The van der Waals surface area contributed by atoms with Gasteiger partial charge in [0.25, 0.3) is 5.91 Å². The zero-order valence-electron chi connectivity index (χ0n) is 17.7. The molecule has 32 heavy (non-hydrogen) atoms. The smallest absolute Gasteiger partial charge is 0.254 e. The highest BCUT2D eigenvalue weighted by molar-refractivity contribution is 7.10. The Morgan fingerprint density at radius 3 is 2.50 bits per heavy atom. The Morgan fingerprint density at radius 2 is 1.78 bits per heavy atom. The molecular formula is C26H25FN2O2S. The summed E-state index contributed by atoms with van der Waals surface area (Å²) in [6.45, 7) is 0.312. The molecule has 1 aliphatic carbocycles. The number of nitrogens with zero attached hydrogens (tertiary/aromatic N) is 1. The van der Waals surface area contributed by atoms with Gasteiger partial charge in [-0.1, -0.05) is 49.2 Å². The first kappa shape index (κ1) is 20.9. The molecule has 2 atom stereocenters. The van der Waals surface area contributed by atoms with Crippen LogP contribution in [0, 0.1) is 5.82 Å². The molecule has 1 N–H and O–H groups in total. The van der Waals surface area contributed by atoms with Gasteiger partial charge in [-0.2, -0.15) is 0 Å². The molecule has 6 heteroatoms. The standard InChI is InChI=1S/C26H25FN2O2S/c27-18-13-11-17(12-14-18)16-28-25(30)23-20-8-3-4-9-21(20)26(31)29(19-6-1-2-7-19)24(23)22-10-5-15-32-22/h3-5,8-15,19,23-24H,1-2,6-7,16H2,(H,28,30)/t23-,24-/m1/s1. The van der Waals surface area contributed by atoms with E-state index in [-0.39, 0.29) is 29.7 Å². The van der Waals surface area contributed by atoms with Gasteiger partial charge in [0.1, 0.15) is 5.82 Å². The van der Waals surface area contributed by atoms with Crippen molar-refractivity contribution in [2.45, 2.75) is 50.2 Å². The Labute approximate surface area is 191 Å². The number of rotatable bonds is 5. The minimum absolute atomic E-state index is 0.0217. The van der Waals surface area contributed by atoms with Gasteiger partial charge in [-0.3, -0.25) is 9.59 Å². The van der Waals surface area contributed by atoms with E-state index in [9.17, 15) is 14.0 Å². The van der Waals surface area contributed by atoms with Crippen LogP contribution >= 0.6 is 11.3 Å². The van der Waals surface area contributed by atoms with Crippen LogP contribution in [0.1, 0.15) is 64.0 Å². The topological polar surface area (TPSA) is 49.4 Å². The number of carbonyl (C=O) groups is 2. The van der Waals surface area contributed by atoms with Gasteiger partial charge in [0.15, 0.2) is 0 Å². The van der Waals surface area contributed by atoms with Crippen molar-refractivity contribution < 1.29 is 14.0 Å². The van der Waals surface area contributed by atoms with Crippen molar-refractivity contribution in [2.75, 3.05) is 0 Å². The van der Waals surface area contributed by atoms with Gasteiger partial charge in [0, 0.05) is 23.0 Å². The monoisotopic (exact) mass is 448 g/mol. The van der Waals surface area contributed by atoms with E-state index in [1.165, 1.54) is 12.1 Å². The number of halogens is 1. The van der Waals surface area contributed by atoms with Crippen LogP contribution in [-0.4, -0.2) is 22.8 Å². The summed E-state index contributed by atoms with van der Waals surface area (Å²) in [5, 5.41) is 5.05. The molecule has 0 unspecified atom stereocenters. The van der Waals surface area contributed by atoms with Crippen molar-refractivity contribution in [2.24, 2.45) is 0 Å². The maximum absolute atomic E-state index is 13.7. The third kappa shape index (κ3) is 3.84. The first-order chi connectivity index (χ1) is 15.6. The molecule has 0 spiro atoms. The Bertz CT molecular complexity index is 1110. The summed E-state index contributed by atoms with van der Waals surface area (Å²) in [4.78, 5) is 30.3. The van der Waals surface area contributed by atoms with E-state index in [0.29, 0.717) is 12.1 Å². The van der Waals surface area contributed by atoms with Crippen LogP contribution in [0.4, 0.5) is 4.39 Å². The molecule has 0 radical (unpaired) electrons. The van der Waals surface area contributed by atoms with Crippen LogP contribution in [0.3, 0.4) is 0 Å². The summed E-state index contributed by atoms with van der Waals surface area (Å²) in [5.74, 6) is -0.891. The number of benzene rings is 2. The zero-order chi connectivity index (χ0) is 22.1. The van der Waals surface area contributed by atoms with Gasteiger partial charge < -0.3 is 10.2 Å². The largest absolute Gasteiger partial charge is 0.351 e. The van der Waals surface area contributed by atoms with Crippen molar-refractivity contribution >= 4 is 23.2 Å². The molecule has 164 valence electrons. The van der Waals surface area contributed by atoms with Gasteiger partial charge in [0.2, 0.25) is 5.91 Å². The van der Waals surface area contributed by atoms with Crippen LogP contribution in [-0.2, 0) is 11.3 Å². The molecule has 2 heterocycles. The summed E-state index contributed by atoms with van der Waals surface area (Å²) < 4.78 is 13.3. The summed E-state index contributed by atoms with van der Waals surface area (Å²) in [7, 11) is 0. The molecule has 2 aliphatic rings. The van der Waals surface area contributed by atoms with Crippen LogP contribution in [0.15, 0.2) is 66.0 Å². The Morgan fingerprint density at radius 1 is 1.03 bits per heavy atom. The second-order valence-corrected chi connectivity index (χ2v) is 9.50. The third-order valence-corrected chi connectivity index (χ3v) is 7.53. The van der Waals surface area contributed by atoms with Gasteiger partial charge in [-0.05, 0) is 53.6 Å². The van der Waals surface area contributed by atoms with Crippen LogP contribution in [0.2, 0.25) is 0 Å². The lowest BCUT2D eigenvalue weighted by atomic mass is 9.80. The Balaban J connectivity index is 1.53. The van der Waals surface area contributed by atoms with Gasteiger partial charge in [-0.15, -0.1) is 11.3 Å². The lowest BCUT2D eigenvalue weighted by Gasteiger charge is -2.44. The minimum Gasteiger partial charge on any atom is -0.351 e. The summed E-state index contributed by atoms with van der Waals surface area (Å²) in [6.07, 6.45) is 4.16. The minimum atomic E-state index is -0.497. The number of hydrogen-bond acceptors (Lipinski definition) is 3. The SMILES string of the molecule is O=C(NCc1ccc(F)cc1)[C@@H]1c2ccccc2C(=O)N(C2CCCC2)[C@@H]1c1cccs1. The van der Waals surface area contributed by atoms with E-state index in [2.05, 4.69) is 5.32 Å². The van der Waals surface area contributed by atoms with Crippen LogP contribution in [0.25, 0.3) is 0 Å². The quantitative estimate of drug-likeness (QED) is 0.566. The van der Waals surface area contributed by atoms with Crippen molar-refractivity contribution in [1.29, 1.82) is 0 Å². The molecule has 1 aromatic heterocycles. The number of thiophene rings is 1. The predicted molar refractivity (Wildman–Crippen MR) is 123 cm³/mol. The molecule has 1 fully saturated rings. The summed E-state index contributed by atoms with van der Waals surface area (Å²) in [6, 6.07) is 17.5. The molecule has 5 rings (SSSR count).